The third-order valence-electron chi connectivity index (χ3n) is 5.52. The van der Waals surface area contributed by atoms with Crippen molar-refractivity contribution in [3.8, 4) is 0 Å². The van der Waals surface area contributed by atoms with Gasteiger partial charge in [-0.25, -0.2) is 0 Å². The number of fused-ring (bicyclic) bond motifs is 1. The second-order valence-electron chi connectivity index (χ2n) is 7.47. The lowest BCUT2D eigenvalue weighted by atomic mass is 10.1. The number of likely N-dealkylation sites (tertiary alicyclic amines) is 1. The summed E-state index contributed by atoms with van der Waals surface area (Å²) in [4.78, 5) is 40.1. The molecule has 0 spiro atoms. The number of aromatic nitrogens is 1. The predicted octanol–water partition coefficient (Wildman–Crippen LogP) is 4.05. The molecule has 1 aromatic heterocycles. The van der Waals surface area contributed by atoms with Gasteiger partial charge < -0.3 is 14.8 Å². The molecular formula is C23H22ClN3O3. The van der Waals surface area contributed by atoms with Crippen LogP contribution in [0.25, 0.3) is 10.9 Å². The van der Waals surface area contributed by atoms with Crippen LogP contribution in [0.1, 0.15) is 28.8 Å². The van der Waals surface area contributed by atoms with Gasteiger partial charge in [0, 0.05) is 40.9 Å². The lowest BCUT2D eigenvalue weighted by Gasteiger charge is -2.15. The summed E-state index contributed by atoms with van der Waals surface area (Å²) in [6.45, 7) is 3.46. The van der Waals surface area contributed by atoms with E-state index >= 15 is 0 Å². The fourth-order valence-electron chi connectivity index (χ4n) is 3.82. The molecule has 6 nitrogen and oxygen atoms in total. The van der Waals surface area contributed by atoms with Crippen molar-refractivity contribution in [1.82, 2.24) is 9.47 Å². The number of benzene rings is 2. The van der Waals surface area contributed by atoms with Gasteiger partial charge in [-0.05, 0) is 43.5 Å². The number of anilines is 1. The Balaban J connectivity index is 1.61. The Kier molecular flexibility index (Phi) is 5.59. The average molecular weight is 424 g/mol. The third kappa shape index (κ3) is 3.83. The molecule has 0 atom stereocenters. The number of halogens is 1. The molecule has 2 aromatic carbocycles. The van der Waals surface area contributed by atoms with E-state index < -0.39 is 11.7 Å². The van der Waals surface area contributed by atoms with Crippen molar-refractivity contribution < 1.29 is 14.4 Å². The third-order valence-corrected chi connectivity index (χ3v) is 5.93. The van der Waals surface area contributed by atoms with Crippen molar-refractivity contribution in [2.45, 2.75) is 26.3 Å². The number of nitrogens with zero attached hydrogens (tertiary/aromatic N) is 2. The van der Waals surface area contributed by atoms with Crippen LogP contribution in [0.5, 0.6) is 0 Å². The topological polar surface area (TPSA) is 71.4 Å². The van der Waals surface area contributed by atoms with Gasteiger partial charge in [0.1, 0.15) is 6.54 Å². The van der Waals surface area contributed by atoms with Gasteiger partial charge in [-0.1, -0.05) is 35.9 Å². The first-order valence-corrected chi connectivity index (χ1v) is 10.3. The number of carbonyl (C=O) groups excluding carboxylic acids is 3. The summed E-state index contributed by atoms with van der Waals surface area (Å²) in [6, 6.07) is 12.4. The average Bonchev–Trinajstić information content (AvgIpc) is 3.40. The fraction of sp³-hybridized carbons (Fsp3) is 0.261. The van der Waals surface area contributed by atoms with Crippen molar-refractivity contribution in [2.75, 3.05) is 18.4 Å². The first-order valence-electron chi connectivity index (χ1n) is 9.92. The van der Waals surface area contributed by atoms with Gasteiger partial charge in [0.25, 0.3) is 11.7 Å². The van der Waals surface area contributed by atoms with E-state index in [1.807, 2.05) is 23.1 Å². The monoisotopic (exact) mass is 423 g/mol. The summed E-state index contributed by atoms with van der Waals surface area (Å²) in [5, 5.41) is 3.81. The van der Waals surface area contributed by atoms with Gasteiger partial charge >= 0.3 is 0 Å². The molecule has 0 bridgehead atoms. The molecule has 1 N–H and O–H groups in total. The zero-order valence-corrected chi connectivity index (χ0v) is 17.4. The zero-order valence-electron chi connectivity index (χ0n) is 16.7. The molecule has 1 aliphatic rings. The van der Waals surface area contributed by atoms with Gasteiger partial charge in [0.15, 0.2) is 0 Å². The van der Waals surface area contributed by atoms with Crippen LogP contribution in [-0.4, -0.2) is 40.2 Å². The van der Waals surface area contributed by atoms with Crippen molar-refractivity contribution in [3.63, 3.8) is 0 Å². The zero-order chi connectivity index (χ0) is 21.3. The van der Waals surface area contributed by atoms with Crippen LogP contribution < -0.4 is 5.32 Å². The van der Waals surface area contributed by atoms with Crippen molar-refractivity contribution in [1.29, 1.82) is 0 Å². The molecule has 2 amide bonds. The Morgan fingerprint density at radius 3 is 2.53 bits per heavy atom. The van der Waals surface area contributed by atoms with E-state index in [2.05, 4.69) is 5.32 Å². The maximum absolute atomic E-state index is 13.0. The second kappa shape index (κ2) is 8.32. The first-order chi connectivity index (χ1) is 14.5. The smallest absolute Gasteiger partial charge is 0.296 e. The van der Waals surface area contributed by atoms with E-state index in [0.717, 1.165) is 31.4 Å². The predicted molar refractivity (Wildman–Crippen MR) is 117 cm³/mol. The van der Waals surface area contributed by atoms with E-state index in [9.17, 15) is 14.4 Å². The molecule has 1 saturated heterocycles. The minimum atomic E-state index is -0.742. The van der Waals surface area contributed by atoms with Gasteiger partial charge in [-0.2, -0.15) is 0 Å². The summed E-state index contributed by atoms with van der Waals surface area (Å²) in [6.07, 6.45) is 3.64. The molecule has 1 fully saturated rings. The normalized spacial score (nSPS) is 13.6. The summed E-state index contributed by atoms with van der Waals surface area (Å²) in [5.41, 5.74) is 2.21. The van der Waals surface area contributed by atoms with Gasteiger partial charge in [0.2, 0.25) is 5.91 Å². The Hall–Kier alpha value is -3.12. The van der Waals surface area contributed by atoms with Crippen LogP contribution in [0.3, 0.4) is 0 Å². The number of ketones is 1. The lowest BCUT2D eigenvalue weighted by molar-refractivity contribution is -0.130. The second-order valence-corrected chi connectivity index (χ2v) is 7.88. The molecule has 30 heavy (non-hydrogen) atoms. The summed E-state index contributed by atoms with van der Waals surface area (Å²) in [5.74, 6) is -1.38. The standard InChI is InChI=1S/C23H22ClN3O3/c1-15-18(24)8-6-9-19(15)25-23(30)22(29)17-13-27(20-10-3-2-7-16(17)20)14-21(28)26-11-4-5-12-26/h2-3,6-10,13H,4-5,11-12,14H2,1H3,(H,25,30). The maximum Gasteiger partial charge on any atom is 0.296 e. The number of rotatable bonds is 5. The van der Waals surface area contributed by atoms with Crippen molar-refractivity contribution in [2.24, 2.45) is 0 Å². The molecular weight excluding hydrogens is 402 g/mol. The highest BCUT2D eigenvalue weighted by Gasteiger charge is 2.24. The minimum absolute atomic E-state index is 0.0197. The molecule has 7 heteroatoms. The van der Waals surface area contributed by atoms with Gasteiger partial charge in [-0.3, -0.25) is 14.4 Å². The number of amides is 2. The van der Waals surface area contributed by atoms with Crippen LogP contribution in [-0.2, 0) is 16.1 Å². The Labute approximate surface area is 179 Å². The fourth-order valence-corrected chi connectivity index (χ4v) is 3.99. The highest BCUT2D eigenvalue weighted by atomic mass is 35.5. The van der Waals surface area contributed by atoms with Crippen LogP contribution in [0, 0.1) is 6.92 Å². The summed E-state index contributed by atoms with van der Waals surface area (Å²) < 4.78 is 1.75. The van der Waals surface area contributed by atoms with Crippen LogP contribution in [0.4, 0.5) is 5.69 Å². The highest BCUT2D eigenvalue weighted by Crippen LogP contribution is 2.25. The number of hydrogen-bond acceptors (Lipinski definition) is 3. The molecule has 2 heterocycles. The lowest BCUT2D eigenvalue weighted by Crippen LogP contribution is -2.30. The minimum Gasteiger partial charge on any atom is -0.341 e. The molecule has 0 unspecified atom stereocenters. The van der Waals surface area contributed by atoms with Gasteiger partial charge in [-0.15, -0.1) is 0 Å². The van der Waals surface area contributed by atoms with Crippen LogP contribution in [0.15, 0.2) is 48.7 Å². The Bertz CT molecular complexity index is 1150. The maximum atomic E-state index is 13.0. The van der Waals surface area contributed by atoms with Gasteiger partial charge in [0.05, 0.1) is 5.56 Å². The van der Waals surface area contributed by atoms with Crippen molar-refractivity contribution >= 4 is 45.8 Å². The molecule has 3 aromatic rings. The first kappa shape index (κ1) is 20.2. The summed E-state index contributed by atoms with van der Waals surface area (Å²) >= 11 is 6.10. The molecule has 4 rings (SSSR count). The van der Waals surface area contributed by atoms with E-state index in [-0.39, 0.29) is 18.0 Å². The quantitative estimate of drug-likeness (QED) is 0.497. The van der Waals surface area contributed by atoms with E-state index in [1.165, 1.54) is 0 Å². The number of hydrogen-bond donors (Lipinski definition) is 1. The van der Waals surface area contributed by atoms with Crippen LogP contribution >= 0.6 is 11.6 Å². The molecule has 0 saturated carbocycles. The van der Waals surface area contributed by atoms with Crippen LogP contribution in [0.2, 0.25) is 5.02 Å². The van der Waals surface area contributed by atoms with E-state index in [1.54, 1.807) is 42.0 Å². The number of Topliss-reactive ketones (excluding diaryl/α,β-unsaturated/α-hetero) is 1. The van der Waals surface area contributed by atoms with Crippen molar-refractivity contribution in [3.05, 3.63) is 64.8 Å². The molecule has 0 radical (unpaired) electrons. The molecule has 1 aliphatic heterocycles. The Morgan fingerprint density at radius 1 is 1.03 bits per heavy atom. The number of nitrogens with one attached hydrogen (secondary N) is 1. The number of carbonyl (C=O) groups is 3. The highest BCUT2D eigenvalue weighted by molar-refractivity contribution is 6.48. The molecule has 0 aliphatic carbocycles. The van der Waals surface area contributed by atoms with E-state index in [0.29, 0.717) is 21.7 Å². The largest absolute Gasteiger partial charge is 0.341 e. The SMILES string of the molecule is Cc1c(Cl)cccc1NC(=O)C(=O)c1cn(CC(=O)N2CCCC2)c2ccccc12. The van der Waals surface area contributed by atoms with E-state index in [4.69, 9.17) is 11.6 Å². The Morgan fingerprint density at radius 2 is 1.77 bits per heavy atom. The number of para-hydroxylation sites is 1. The summed E-state index contributed by atoms with van der Waals surface area (Å²) in [7, 11) is 0. The molecule has 154 valence electrons.